The number of nitriles is 2. The summed E-state index contributed by atoms with van der Waals surface area (Å²) in [5.41, 5.74) is 2.23. The number of allylic oxidation sites excluding steroid dienone is 2. The number of hydrogen-bond acceptors (Lipinski definition) is 3. The van der Waals surface area contributed by atoms with E-state index in [0.29, 0.717) is 11.9 Å². The summed E-state index contributed by atoms with van der Waals surface area (Å²) in [5.74, 6) is 0. The fourth-order valence-corrected chi connectivity index (χ4v) is 1.50. The second kappa shape index (κ2) is 5.48. The number of carbonyl (C=O) groups is 1. The molecule has 0 aliphatic rings. The molecule has 3 nitrogen and oxygen atoms in total. The van der Waals surface area contributed by atoms with Gasteiger partial charge in [0.15, 0.2) is 0 Å². The molecule has 0 fully saturated rings. The first-order valence-electron chi connectivity index (χ1n) is 4.77. The first-order chi connectivity index (χ1) is 7.74. The van der Waals surface area contributed by atoms with Gasteiger partial charge >= 0.3 is 0 Å². The zero-order valence-electron chi connectivity index (χ0n) is 8.90. The van der Waals surface area contributed by atoms with Crippen LogP contribution in [0.15, 0.2) is 29.8 Å². The molecule has 1 aromatic rings. The largest absolute Gasteiger partial charge is 0.303 e. The highest BCUT2D eigenvalue weighted by Crippen LogP contribution is 2.24. The number of rotatable bonds is 3. The Hall–Kier alpha value is -2.39. The van der Waals surface area contributed by atoms with E-state index in [1.54, 1.807) is 0 Å². The van der Waals surface area contributed by atoms with Gasteiger partial charge in [0.25, 0.3) is 0 Å². The minimum absolute atomic E-state index is 0.00130. The van der Waals surface area contributed by atoms with Crippen molar-refractivity contribution in [3.63, 3.8) is 0 Å². The zero-order valence-corrected chi connectivity index (χ0v) is 8.90. The summed E-state index contributed by atoms with van der Waals surface area (Å²) in [6.07, 6.45) is 0.789. The average Bonchev–Trinajstić information content (AvgIpc) is 2.30. The van der Waals surface area contributed by atoms with Crippen molar-refractivity contribution in [3.8, 4) is 12.1 Å². The molecule has 0 saturated heterocycles. The molecule has 3 heteroatoms. The van der Waals surface area contributed by atoms with Crippen LogP contribution in [0, 0.1) is 29.6 Å². The van der Waals surface area contributed by atoms with Gasteiger partial charge in [0.05, 0.1) is 0 Å². The summed E-state index contributed by atoms with van der Waals surface area (Å²) < 4.78 is 0. The molecule has 0 spiro atoms. The Bertz CT molecular complexity index is 499. The summed E-state index contributed by atoms with van der Waals surface area (Å²) in [6, 6.07) is 11.0. The van der Waals surface area contributed by atoms with Crippen LogP contribution in [0.3, 0.4) is 0 Å². The zero-order chi connectivity index (χ0) is 12.0. The molecule has 1 rings (SSSR count). The van der Waals surface area contributed by atoms with E-state index in [1.165, 1.54) is 0 Å². The molecule has 16 heavy (non-hydrogen) atoms. The first-order valence-corrected chi connectivity index (χ1v) is 4.77. The van der Waals surface area contributed by atoms with Gasteiger partial charge in [-0.25, -0.2) is 0 Å². The van der Waals surface area contributed by atoms with Gasteiger partial charge in [-0.05, 0) is 23.6 Å². The Balaban J connectivity index is 3.42. The molecule has 0 unspecified atom stereocenters. The molecule has 0 aliphatic heterocycles. The van der Waals surface area contributed by atoms with E-state index in [1.807, 2.05) is 43.3 Å². The second-order valence-electron chi connectivity index (χ2n) is 3.26. The molecule has 0 amide bonds. The fourth-order valence-electron chi connectivity index (χ4n) is 1.50. The van der Waals surface area contributed by atoms with Gasteiger partial charge in [0.1, 0.15) is 24.0 Å². The Morgan fingerprint density at radius 3 is 2.44 bits per heavy atom. The Labute approximate surface area is 94.2 Å². The molecule has 78 valence electrons. The van der Waals surface area contributed by atoms with Crippen LogP contribution < -0.4 is 0 Å². The SMILES string of the molecule is Cc1ccccc1C(CC=O)=C(C#N)C#N. The minimum atomic E-state index is 0.00130. The average molecular weight is 210 g/mol. The van der Waals surface area contributed by atoms with Crippen LogP contribution in [0.25, 0.3) is 5.57 Å². The molecule has 0 saturated carbocycles. The third-order valence-electron chi connectivity index (χ3n) is 2.28. The van der Waals surface area contributed by atoms with Gasteiger partial charge in [-0.1, -0.05) is 24.3 Å². The quantitative estimate of drug-likeness (QED) is 0.568. The normalized spacial score (nSPS) is 8.69. The van der Waals surface area contributed by atoms with Crippen molar-refractivity contribution in [2.75, 3.05) is 0 Å². The van der Waals surface area contributed by atoms with E-state index < -0.39 is 0 Å². The number of benzene rings is 1. The molecule has 0 N–H and O–H groups in total. The number of aryl methyl sites for hydroxylation is 1. The Morgan fingerprint density at radius 1 is 1.31 bits per heavy atom. The Kier molecular flexibility index (Phi) is 4.00. The lowest BCUT2D eigenvalue weighted by Crippen LogP contribution is -1.93. The highest BCUT2D eigenvalue weighted by molar-refractivity contribution is 5.84. The number of nitrogens with zero attached hydrogens (tertiary/aromatic N) is 2. The topological polar surface area (TPSA) is 64.7 Å². The molecule has 0 radical (unpaired) electrons. The monoisotopic (exact) mass is 210 g/mol. The van der Waals surface area contributed by atoms with Crippen LogP contribution in [0.5, 0.6) is 0 Å². The van der Waals surface area contributed by atoms with E-state index in [-0.39, 0.29) is 12.0 Å². The first kappa shape index (κ1) is 11.7. The lowest BCUT2D eigenvalue weighted by atomic mass is 9.95. The lowest BCUT2D eigenvalue weighted by Gasteiger charge is -2.07. The third-order valence-corrected chi connectivity index (χ3v) is 2.28. The van der Waals surface area contributed by atoms with Crippen molar-refractivity contribution >= 4 is 11.9 Å². The molecule has 0 aromatic heterocycles. The van der Waals surface area contributed by atoms with Crippen LogP contribution in [0.1, 0.15) is 17.5 Å². The highest BCUT2D eigenvalue weighted by atomic mass is 16.1. The van der Waals surface area contributed by atoms with Gasteiger partial charge in [-0.15, -0.1) is 0 Å². The van der Waals surface area contributed by atoms with E-state index >= 15 is 0 Å². The maximum absolute atomic E-state index is 10.6. The summed E-state index contributed by atoms with van der Waals surface area (Å²) in [4.78, 5) is 10.6. The number of aldehydes is 1. The predicted octanol–water partition coefficient (Wildman–Crippen LogP) is 2.38. The van der Waals surface area contributed by atoms with Crippen LogP contribution in [0.4, 0.5) is 0 Å². The maximum Gasteiger partial charge on any atom is 0.133 e. The van der Waals surface area contributed by atoms with E-state index in [4.69, 9.17) is 10.5 Å². The standard InChI is InChI=1S/C13H10N2O/c1-10-4-2-3-5-12(10)13(6-7-16)11(8-14)9-15/h2-5,7H,6H2,1H3. The van der Waals surface area contributed by atoms with Gasteiger partial charge in [0.2, 0.25) is 0 Å². The Morgan fingerprint density at radius 2 is 1.94 bits per heavy atom. The van der Waals surface area contributed by atoms with Crippen LogP contribution >= 0.6 is 0 Å². The molecule has 1 aromatic carbocycles. The summed E-state index contributed by atoms with van der Waals surface area (Å²) in [5, 5.41) is 17.7. The van der Waals surface area contributed by atoms with E-state index in [9.17, 15) is 4.79 Å². The number of hydrogen-bond donors (Lipinski definition) is 0. The lowest BCUT2D eigenvalue weighted by molar-refractivity contribution is -0.107. The molecule has 0 aliphatic carbocycles. The van der Waals surface area contributed by atoms with Gasteiger partial charge in [-0.2, -0.15) is 10.5 Å². The van der Waals surface area contributed by atoms with Crippen molar-refractivity contribution in [1.82, 2.24) is 0 Å². The van der Waals surface area contributed by atoms with Crippen molar-refractivity contribution < 1.29 is 4.79 Å². The third kappa shape index (κ3) is 2.34. The molecule has 0 heterocycles. The molecular formula is C13H10N2O. The van der Waals surface area contributed by atoms with Crippen molar-refractivity contribution in [2.45, 2.75) is 13.3 Å². The van der Waals surface area contributed by atoms with Crippen molar-refractivity contribution in [3.05, 3.63) is 41.0 Å². The molecular weight excluding hydrogens is 200 g/mol. The fraction of sp³-hybridized carbons (Fsp3) is 0.154. The summed E-state index contributed by atoms with van der Waals surface area (Å²) >= 11 is 0. The van der Waals surface area contributed by atoms with Gasteiger partial charge in [-0.3, -0.25) is 0 Å². The van der Waals surface area contributed by atoms with E-state index in [2.05, 4.69) is 0 Å². The maximum atomic E-state index is 10.6. The van der Waals surface area contributed by atoms with Gasteiger partial charge in [0, 0.05) is 6.42 Å². The van der Waals surface area contributed by atoms with Crippen LogP contribution in [-0.4, -0.2) is 6.29 Å². The molecule has 0 bridgehead atoms. The molecule has 0 atom stereocenters. The predicted molar refractivity (Wildman–Crippen MR) is 60.0 cm³/mol. The van der Waals surface area contributed by atoms with E-state index in [0.717, 1.165) is 11.1 Å². The smallest absolute Gasteiger partial charge is 0.133 e. The second-order valence-corrected chi connectivity index (χ2v) is 3.26. The number of carbonyl (C=O) groups excluding carboxylic acids is 1. The highest BCUT2D eigenvalue weighted by Gasteiger charge is 2.10. The summed E-state index contributed by atoms with van der Waals surface area (Å²) in [6.45, 7) is 1.88. The van der Waals surface area contributed by atoms with Crippen molar-refractivity contribution in [2.24, 2.45) is 0 Å². The van der Waals surface area contributed by atoms with Gasteiger partial charge < -0.3 is 4.79 Å². The van der Waals surface area contributed by atoms with Crippen LogP contribution in [-0.2, 0) is 4.79 Å². The van der Waals surface area contributed by atoms with Crippen LogP contribution in [0.2, 0.25) is 0 Å². The minimum Gasteiger partial charge on any atom is -0.303 e. The van der Waals surface area contributed by atoms with Crippen molar-refractivity contribution in [1.29, 1.82) is 10.5 Å². The summed E-state index contributed by atoms with van der Waals surface area (Å²) in [7, 11) is 0.